The molecule has 1 aliphatic heterocycles. The largest absolute Gasteiger partial charge is 0.494 e. The van der Waals surface area contributed by atoms with Gasteiger partial charge in [-0.25, -0.2) is 15.0 Å². The number of hydrogen-bond acceptors (Lipinski definition) is 9. The highest BCUT2D eigenvalue weighted by molar-refractivity contribution is 6.32. The van der Waals surface area contributed by atoms with Gasteiger partial charge >= 0.3 is 0 Å². The zero-order valence-corrected chi connectivity index (χ0v) is 25.4. The molecule has 3 amide bonds. The van der Waals surface area contributed by atoms with E-state index in [0.29, 0.717) is 53.2 Å². The predicted octanol–water partition coefficient (Wildman–Crippen LogP) is 3.50. The minimum Gasteiger partial charge on any atom is -0.494 e. The summed E-state index contributed by atoms with van der Waals surface area (Å²) in [6.07, 6.45) is 4.14. The summed E-state index contributed by atoms with van der Waals surface area (Å²) in [5.41, 5.74) is 0.962. The van der Waals surface area contributed by atoms with Crippen LogP contribution in [0.15, 0.2) is 36.8 Å². The van der Waals surface area contributed by atoms with Crippen LogP contribution in [0.4, 0.5) is 17.2 Å². The zero-order chi connectivity index (χ0) is 30.6. The maximum atomic E-state index is 13.8. The van der Waals surface area contributed by atoms with Crippen molar-refractivity contribution in [3.63, 3.8) is 0 Å². The first-order valence-corrected chi connectivity index (χ1v) is 14.1. The van der Waals surface area contributed by atoms with E-state index in [0.717, 1.165) is 0 Å². The number of methoxy groups -OCH3 is 1. The molecule has 1 aliphatic rings. The van der Waals surface area contributed by atoms with Gasteiger partial charge in [0.2, 0.25) is 17.7 Å². The van der Waals surface area contributed by atoms with Crippen LogP contribution in [0.5, 0.6) is 5.75 Å². The summed E-state index contributed by atoms with van der Waals surface area (Å²) in [5.74, 6) is -0.0775. The number of carbonyl (C=O) groups is 3. The summed E-state index contributed by atoms with van der Waals surface area (Å²) in [7, 11) is 3.18. The molecule has 0 radical (unpaired) electrons. The first-order valence-electron chi connectivity index (χ1n) is 13.7. The number of aromatic nitrogens is 3. The summed E-state index contributed by atoms with van der Waals surface area (Å²) in [6, 6.07) is 4.94. The molecule has 2 aromatic heterocycles. The van der Waals surface area contributed by atoms with Crippen molar-refractivity contribution in [2.45, 2.75) is 58.7 Å². The van der Waals surface area contributed by atoms with Crippen LogP contribution in [0.1, 0.15) is 40.5 Å². The Labute approximate surface area is 250 Å². The number of ether oxygens (including phenoxy) is 1. The van der Waals surface area contributed by atoms with E-state index in [1.54, 1.807) is 49.3 Å². The molecule has 3 aromatic rings. The van der Waals surface area contributed by atoms with E-state index in [9.17, 15) is 14.4 Å². The number of hydrogen-bond donors (Lipinski definition) is 4. The van der Waals surface area contributed by atoms with E-state index in [1.807, 2.05) is 20.8 Å². The van der Waals surface area contributed by atoms with Crippen molar-refractivity contribution in [1.29, 1.82) is 0 Å². The summed E-state index contributed by atoms with van der Waals surface area (Å²) < 4.78 is 5.57. The van der Waals surface area contributed by atoms with Crippen LogP contribution in [0.2, 0.25) is 5.15 Å². The van der Waals surface area contributed by atoms with Gasteiger partial charge in [0, 0.05) is 24.2 Å². The van der Waals surface area contributed by atoms with Crippen LogP contribution in [-0.4, -0.2) is 76.4 Å². The van der Waals surface area contributed by atoms with Gasteiger partial charge in [-0.05, 0) is 50.4 Å². The second-order valence-corrected chi connectivity index (χ2v) is 11.6. The third-order valence-electron chi connectivity index (χ3n) is 7.29. The number of rotatable bonds is 9. The van der Waals surface area contributed by atoms with Gasteiger partial charge in [0.1, 0.15) is 30.0 Å². The zero-order valence-electron chi connectivity index (χ0n) is 24.6. The number of fused-ring (bicyclic) bond motifs is 1. The van der Waals surface area contributed by atoms with E-state index in [2.05, 4.69) is 36.2 Å². The molecule has 4 N–H and O–H groups in total. The molecule has 1 aromatic carbocycles. The van der Waals surface area contributed by atoms with E-state index in [-0.39, 0.29) is 22.9 Å². The minimum absolute atomic E-state index is 0.280. The standard InChI is InChI=1S/C29H37ClN8O4/c1-16(31-5)26(39)37-23(29(2,3)4)28(41)38-12-8-10-21(38)27(40)36-20-13-17-19(14-22(20)42-6)33-15-34-25(17)35-18-9-7-11-32-24(18)30/h7,9,11,13-16,21,23,31H,8,10,12H2,1-6H3,(H,36,40)(H,37,39)(H,33,34,35). The number of likely N-dealkylation sites (N-methyl/N-ethyl adjacent to an activating group) is 1. The van der Waals surface area contributed by atoms with Crippen LogP contribution >= 0.6 is 11.6 Å². The van der Waals surface area contributed by atoms with E-state index < -0.39 is 23.5 Å². The molecule has 3 unspecified atom stereocenters. The van der Waals surface area contributed by atoms with E-state index in [1.165, 1.54) is 13.4 Å². The molecule has 1 fully saturated rings. The fourth-order valence-electron chi connectivity index (χ4n) is 4.79. The first kappa shape index (κ1) is 30.9. The Morgan fingerprint density at radius 2 is 1.90 bits per heavy atom. The normalized spacial score (nSPS) is 16.5. The minimum atomic E-state index is -0.811. The molecular formula is C29H37ClN8O4. The Bertz CT molecular complexity index is 1480. The third kappa shape index (κ3) is 6.71. The SMILES string of the molecule is CNC(C)C(=O)NC(C(=O)N1CCCC1C(=O)Nc1cc2c(Nc3cccnc3Cl)ncnc2cc1OC)C(C)(C)C. The summed E-state index contributed by atoms with van der Waals surface area (Å²) in [6.45, 7) is 7.79. The van der Waals surface area contributed by atoms with Crippen LogP contribution in [0.25, 0.3) is 10.9 Å². The van der Waals surface area contributed by atoms with Gasteiger partial charge in [0.05, 0.1) is 30.0 Å². The number of likely N-dealkylation sites (tertiary alicyclic amines) is 1. The summed E-state index contributed by atoms with van der Waals surface area (Å²) >= 11 is 6.23. The van der Waals surface area contributed by atoms with Crippen molar-refractivity contribution in [2.24, 2.45) is 5.41 Å². The molecule has 0 bridgehead atoms. The van der Waals surface area contributed by atoms with Gasteiger partial charge in [-0.1, -0.05) is 32.4 Å². The smallest absolute Gasteiger partial charge is 0.247 e. The lowest BCUT2D eigenvalue weighted by atomic mass is 9.85. The average Bonchev–Trinajstić information content (AvgIpc) is 3.46. The molecule has 0 aliphatic carbocycles. The van der Waals surface area contributed by atoms with Crippen molar-refractivity contribution in [1.82, 2.24) is 30.5 Å². The molecule has 13 heteroatoms. The van der Waals surface area contributed by atoms with Crippen molar-refractivity contribution >= 4 is 57.4 Å². The molecule has 12 nitrogen and oxygen atoms in total. The molecule has 0 spiro atoms. The number of nitrogens with one attached hydrogen (secondary N) is 4. The summed E-state index contributed by atoms with van der Waals surface area (Å²) in [4.78, 5) is 54.5. The quantitative estimate of drug-likeness (QED) is 0.272. The summed E-state index contributed by atoms with van der Waals surface area (Å²) in [5, 5.41) is 12.8. The van der Waals surface area contributed by atoms with Crippen LogP contribution in [-0.2, 0) is 14.4 Å². The lowest BCUT2D eigenvalue weighted by Gasteiger charge is -2.36. The number of anilines is 3. The first-order chi connectivity index (χ1) is 19.9. The Hall–Kier alpha value is -4.03. The highest BCUT2D eigenvalue weighted by atomic mass is 35.5. The van der Waals surface area contributed by atoms with Gasteiger partial charge in [0.25, 0.3) is 0 Å². The fraction of sp³-hybridized carbons (Fsp3) is 0.448. The number of carbonyl (C=O) groups excluding carboxylic acids is 3. The molecule has 3 atom stereocenters. The Morgan fingerprint density at radius 3 is 2.57 bits per heavy atom. The maximum Gasteiger partial charge on any atom is 0.247 e. The number of halogens is 1. The third-order valence-corrected chi connectivity index (χ3v) is 7.59. The monoisotopic (exact) mass is 596 g/mol. The second-order valence-electron chi connectivity index (χ2n) is 11.3. The van der Waals surface area contributed by atoms with Gasteiger partial charge in [-0.15, -0.1) is 0 Å². The molecule has 224 valence electrons. The van der Waals surface area contributed by atoms with Gasteiger partial charge in [-0.2, -0.15) is 0 Å². The van der Waals surface area contributed by atoms with Gasteiger partial charge < -0.3 is 30.9 Å². The second kappa shape index (κ2) is 12.9. The number of amides is 3. The van der Waals surface area contributed by atoms with Crippen molar-refractivity contribution in [3.05, 3.63) is 41.9 Å². The molecule has 42 heavy (non-hydrogen) atoms. The Morgan fingerprint density at radius 1 is 1.14 bits per heavy atom. The molecule has 4 rings (SSSR count). The molecule has 3 heterocycles. The van der Waals surface area contributed by atoms with Crippen LogP contribution < -0.4 is 26.0 Å². The van der Waals surface area contributed by atoms with Crippen molar-refractivity contribution in [3.8, 4) is 5.75 Å². The number of pyridine rings is 1. The number of nitrogens with zero attached hydrogens (tertiary/aromatic N) is 4. The van der Waals surface area contributed by atoms with Crippen molar-refractivity contribution in [2.75, 3.05) is 31.3 Å². The van der Waals surface area contributed by atoms with E-state index >= 15 is 0 Å². The molecular weight excluding hydrogens is 560 g/mol. The number of benzene rings is 1. The predicted molar refractivity (Wildman–Crippen MR) is 162 cm³/mol. The molecule has 1 saturated heterocycles. The van der Waals surface area contributed by atoms with E-state index in [4.69, 9.17) is 16.3 Å². The Balaban J connectivity index is 1.60. The molecule has 0 saturated carbocycles. The van der Waals surface area contributed by atoms with Gasteiger partial charge in [-0.3, -0.25) is 14.4 Å². The van der Waals surface area contributed by atoms with Crippen LogP contribution in [0.3, 0.4) is 0 Å². The highest BCUT2D eigenvalue weighted by Gasteiger charge is 2.42. The van der Waals surface area contributed by atoms with Gasteiger partial charge in [0.15, 0.2) is 5.15 Å². The lowest BCUT2D eigenvalue weighted by molar-refractivity contribution is -0.143. The Kier molecular flexibility index (Phi) is 9.47. The highest BCUT2D eigenvalue weighted by Crippen LogP contribution is 2.35. The average molecular weight is 597 g/mol. The fourth-order valence-corrected chi connectivity index (χ4v) is 4.96. The van der Waals surface area contributed by atoms with Crippen LogP contribution in [0, 0.1) is 5.41 Å². The van der Waals surface area contributed by atoms with Crippen molar-refractivity contribution < 1.29 is 19.1 Å². The lowest BCUT2D eigenvalue weighted by Crippen LogP contribution is -2.59. The maximum absolute atomic E-state index is 13.8. The topological polar surface area (TPSA) is 150 Å².